The number of hydrogen-bond acceptors (Lipinski definition) is 2. The molecule has 0 radical (unpaired) electrons. The van der Waals surface area contributed by atoms with Gasteiger partial charge in [-0.2, -0.15) is 0 Å². The first kappa shape index (κ1) is 7.90. The van der Waals surface area contributed by atoms with E-state index in [1.165, 1.54) is 25.9 Å². The summed E-state index contributed by atoms with van der Waals surface area (Å²) in [6.45, 7) is 3.07. The van der Waals surface area contributed by atoms with E-state index < -0.39 is 0 Å². The smallest absolute Gasteiger partial charge is 0.0286 e. The number of nitrogens with zero attached hydrogens (tertiary/aromatic N) is 3. The Morgan fingerprint density at radius 2 is 2.00 bits per heavy atom. The summed E-state index contributed by atoms with van der Waals surface area (Å²) in [7, 11) is 0. The zero-order chi connectivity index (χ0) is 8.39. The third-order valence-corrected chi connectivity index (χ3v) is 3.15. The number of hydrogen-bond donors (Lipinski definition) is 1. The molecular weight excluding hydrogens is 152 g/mol. The van der Waals surface area contributed by atoms with E-state index in [9.17, 15) is 0 Å². The van der Waals surface area contributed by atoms with Crippen LogP contribution in [0.3, 0.4) is 0 Å². The maximum absolute atomic E-state index is 8.18. The van der Waals surface area contributed by atoms with Crippen LogP contribution in [-0.2, 0) is 0 Å². The molecule has 2 atom stereocenters. The molecule has 4 heteroatoms. The standard InChI is InChI=1S/C8H14N4/c9-12-11-3-6-1-7-4-10-5-8(7)2-6/h6-8,10H,1-5H2. The Balaban J connectivity index is 1.86. The molecule has 1 N–H and O–H groups in total. The van der Waals surface area contributed by atoms with Crippen molar-refractivity contribution in [3.8, 4) is 0 Å². The summed E-state index contributed by atoms with van der Waals surface area (Å²) in [5.74, 6) is 2.39. The first-order chi connectivity index (χ1) is 5.90. The van der Waals surface area contributed by atoms with E-state index in [4.69, 9.17) is 5.53 Å². The van der Waals surface area contributed by atoms with Crippen molar-refractivity contribution in [3.05, 3.63) is 10.4 Å². The lowest BCUT2D eigenvalue weighted by molar-refractivity contribution is 0.494. The molecule has 0 aromatic carbocycles. The fraction of sp³-hybridized carbons (Fsp3) is 1.00. The Hall–Kier alpha value is -0.730. The maximum atomic E-state index is 8.18. The van der Waals surface area contributed by atoms with Gasteiger partial charge in [-0.3, -0.25) is 0 Å². The van der Waals surface area contributed by atoms with E-state index in [1.54, 1.807) is 0 Å². The zero-order valence-electron chi connectivity index (χ0n) is 7.11. The molecule has 0 aromatic rings. The average Bonchev–Trinajstić information content (AvgIpc) is 2.58. The van der Waals surface area contributed by atoms with Crippen LogP contribution in [0.2, 0.25) is 0 Å². The number of rotatable bonds is 2. The first-order valence-corrected chi connectivity index (χ1v) is 4.61. The van der Waals surface area contributed by atoms with Gasteiger partial charge >= 0.3 is 0 Å². The highest BCUT2D eigenvalue weighted by molar-refractivity contribution is 4.90. The van der Waals surface area contributed by atoms with Crippen molar-refractivity contribution in [2.24, 2.45) is 22.9 Å². The van der Waals surface area contributed by atoms with E-state index in [-0.39, 0.29) is 0 Å². The monoisotopic (exact) mass is 166 g/mol. The molecule has 12 heavy (non-hydrogen) atoms. The Kier molecular flexibility index (Phi) is 2.19. The van der Waals surface area contributed by atoms with Gasteiger partial charge in [-0.1, -0.05) is 5.11 Å². The highest BCUT2D eigenvalue weighted by Gasteiger charge is 2.36. The highest BCUT2D eigenvalue weighted by Crippen LogP contribution is 2.38. The molecule has 0 aromatic heterocycles. The van der Waals surface area contributed by atoms with Crippen molar-refractivity contribution in [2.45, 2.75) is 12.8 Å². The Morgan fingerprint density at radius 1 is 1.33 bits per heavy atom. The van der Waals surface area contributed by atoms with Gasteiger partial charge in [0.25, 0.3) is 0 Å². The van der Waals surface area contributed by atoms with Crippen LogP contribution in [0.4, 0.5) is 0 Å². The predicted molar refractivity (Wildman–Crippen MR) is 46.6 cm³/mol. The van der Waals surface area contributed by atoms with E-state index in [0.717, 1.165) is 11.8 Å². The normalized spacial score (nSPS) is 39.2. The summed E-state index contributed by atoms with van der Waals surface area (Å²) in [5.41, 5.74) is 8.18. The summed E-state index contributed by atoms with van der Waals surface area (Å²) in [4.78, 5) is 2.80. The van der Waals surface area contributed by atoms with Crippen molar-refractivity contribution >= 4 is 0 Å². The van der Waals surface area contributed by atoms with Gasteiger partial charge in [0.2, 0.25) is 0 Å². The lowest BCUT2D eigenvalue weighted by atomic mass is 10.0. The van der Waals surface area contributed by atoms with Gasteiger partial charge in [-0.25, -0.2) is 0 Å². The minimum Gasteiger partial charge on any atom is -0.316 e. The molecule has 0 amide bonds. The molecule has 1 aliphatic heterocycles. The Morgan fingerprint density at radius 3 is 2.58 bits per heavy atom. The predicted octanol–water partition coefficient (Wildman–Crippen LogP) is 1.54. The topological polar surface area (TPSA) is 60.8 Å². The second-order valence-corrected chi connectivity index (χ2v) is 3.93. The van der Waals surface area contributed by atoms with Crippen LogP contribution >= 0.6 is 0 Å². The highest BCUT2D eigenvalue weighted by atomic mass is 15.1. The molecule has 4 nitrogen and oxygen atoms in total. The third-order valence-electron chi connectivity index (χ3n) is 3.15. The second-order valence-electron chi connectivity index (χ2n) is 3.93. The van der Waals surface area contributed by atoms with Crippen molar-refractivity contribution < 1.29 is 0 Å². The van der Waals surface area contributed by atoms with Gasteiger partial charge < -0.3 is 5.32 Å². The van der Waals surface area contributed by atoms with Crippen LogP contribution in [0, 0.1) is 17.8 Å². The van der Waals surface area contributed by atoms with E-state index in [0.29, 0.717) is 12.5 Å². The molecule has 2 unspecified atom stereocenters. The van der Waals surface area contributed by atoms with E-state index >= 15 is 0 Å². The van der Waals surface area contributed by atoms with Gasteiger partial charge in [0.15, 0.2) is 0 Å². The van der Waals surface area contributed by atoms with Gasteiger partial charge in [-0.05, 0) is 49.2 Å². The molecule has 1 saturated heterocycles. The third kappa shape index (κ3) is 1.40. The minimum atomic E-state index is 0.665. The Labute approximate surface area is 72.0 Å². The molecule has 1 heterocycles. The Bertz CT molecular complexity index is 197. The molecule has 1 aliphatic carbocycles. The molecule has 0 spiro atoms. The zero-order valence-corrected chi connectivity index (χ0v) is 7.11. The summed E-state index contributed by atoms with van der Waals surface area (Å²) in [5, 5.41) is 7.04. The van der Waals surface area contributed by atoms with Crippen molar-refractivity contribution in [2.75, 3.05) is 19.6 Å². The quantitative estimate of drug-likeness (QED) is 0.377. The summed E-state index contributed by atoms with van der Waals surface area (Å²) in [6, 6.07) is 0. The number of nitrogens with one attached hydrogen (secondary N) is 1. The fourth-order valence-electron chi connectivity index (χ4n) is 2.59. The van der Waals surface area contributed by atoms with Crippen molar-refractivity contribution in [1.29, 1.82) is 0 Å². The summed E-state index contributed by atoms with van der Waals surface area (Å²) >= 11 is 0. The first-order valence-electron chi connectivity index (χ1n) is 4.61. The molecule has 2 rings (SSSR count). The van der Waals surface area contributed by atoms with E-state index in [1.807, 2.05) is 0 Å². The van der Waals surface area contributed by atoms with Crippen LogP contribution in [0.15, 0.2) is 5.11 Å². The van der Waals surface area contributed by atoms with Gasteiger partial charge in [0.05, 0.1) is 0 Å². The largest absolute Gasteiger partial charge is 0.316 e. The average molecular weight is 166 g/mol. The van der Waals surface area contributed by atoms with Crippen LogP contribution in [-0.4, -0.2) is 19.6 Å². The molecular formula is C8H14N4. The van der Waals surface area contributed by atoms with Crippen LogP contribution in [0.25, 0.3) is 10.4 Å². The van der Waals surface area contributed by atoms with E-state index in [2.05, 4.69) is 15.3 Å². The summed E-state index contributed by atoms with van der Waals surface area (Å²) in [6.07, 6.45) is 2.52. The van der Waals surface area contributed by atoms with Crippen LogP contribution < -0.4 is 5.32 Å². The lowest BCUT2D eigenvalue weighted by Crippen LogP contribution is -2.12. The maximum Gasteiger partial charge on any atom is 0.0286 e. The van der Waals surface area contributed by atoms with Crippen molar-refractivity contribution in [3.63, 3.8) is 0 Å². The molecule has 66 valence electrons. The lowest BCUT2D eigenvalue weighted by Gasteiger charge is -2.05. The minimum absolute atomic E-state index is 0.665. The van der Waals surface area contributed by atoms with Crippen molar-refractivity contribution in [1.82, 2.24) is 5.32 Å². The van der Waals surface area contributed by atoms with Crippen LogP contribution in [0.1, 0.15) is 12.8 Å². The number of azide groups is 1. The van der Waals surface area contributed by atoms with Crippen LogP contribution in [0.5, 0.6) is 0 Å². The molecule has 1 saturated carbocycles. The molecule has 2 fully saturated rings. The second kappa shape index (κ2) is 3.33. The fourth-order valence-corrected chi connectivity index (χ4v) is 2.59. The SMILES string of the molecule is [N-]=[N+]=NCC1CC2CNCC2C1. The van der Waals surface area contributed by atoms with Gasteiger partial charge in [0.1, 0.15) is 0 Å². The molecule has 2 aliphatic rings. The van der Waals surface area contributed by atoms with Gasteiger partial charge in [-0.15, -0.1) is 0 Å². The number of fused-ring (bicyclic) bond motifs is 1. The molecule has 0 bridgehead atoms. The van der Waals surface area contributed by atoms with Gasteiger partial charge in [0, 0.05) is 11.5 Å². The summed E-state index contributed by atoms with van der Waals surface area (Å²) < 4.78 is 0.